The minimum atomic E-state index is 0.393. The fraction of sp³-hybridized carbons (Fsp3) is 0.333. The smallest absolute Gasteiger partial charge is 0.0369 e. The number of hydrogen-bond acceptors (Lipinski definition) is 2. The van der Waals surface area contributed by atoms with Crippen molar-refractivity contribution in [1.29, 1.82) is 0 Å². The van der Waals surface area contributed by atoms with Gasteiger partial charge in [0.15, 0.2) is 0 Å². The van der Waals surface area contributed by atoms with Crippen LogP contribution < -0.4 is 10.6 Å². The van der Waals surface area contributed by atoms with Crippen LogP contribution in [-0.2, 0) is 6.42 Å². The van der Waals surface area contributed by atoms with E-state index >= 15 is 0 Å². The number of nitrogens with two attached hydrogens (primary N) is 1. The van der Waals surface area contributed by atoms with Gasteiger partial charge in [0, 0.05) is 24.8 Å². The number of rotatable bonds is 1. The molecule has 0 bridgehead atoms. The van der Waals surface area contributed by atoms with Gasteiger partial charge in [-0.05, 0) is 53.6 Å². The van der Waals surface area contributed by atoms with Crippen LogP contribution in [0.15, 0.2) is 42.5 Å². The van der Waals surface area contributed by atoms with Crippen LogP contribution in [0.25, 0.3) is 11.1 Å². The molecule has 2 aromatic rings. The van der Waals surface area contributed by atoms with E-state index in [4.69, 9.17) is 5.73 Å². The molecular weight excluding hydrogens is 244 g/mol. The van der Waals surface area contributed by atoms with Gasteiger partial charge in [-0.3, -0.25) is 0 Å². The highest BCUT2D eigenvalue weighted by Gasteiger charge is 2.21. The number of benzene rings is 2. The van der Waals surface area contributed by atoms with E-state index in [1.54, 1.807) is 0 Å². The SMILES string of the molecule is NC1CCN(c2ccc3c(c2)Cc2ccccc2-3)CC1. The number of anilines is 1. The van der Waals surface area contributed by atoms with Crippen LogP contribution in [0.1, 0.15) is 24.0 Å². The highest BCUT2D eigenvalue weighted by atomic mass is 15.1. The molecular formula is C18H20N2. The monoisotopic (exact) mass is 264 g/mol. The molecule has 0 amide bonds. The van der Waals surface area contributed by atoms with E-state index in [0.29, 0.717) is 6.04 Å². The summed E-state index contributed by atoms with van der Waals surface area (Å²) in [4.78, 5) is 2.48. The first-order chi connectivity index (χ1) is 9.81. The van der Waals surface area contributed by atoms with E-state index in [9.17, 15) is 0 Å². The maximum absolute atomic E-state index is 6.00. The number of hydrogen-bond donors (Lipinski definition) is 1. The van der Waals surface area contributed by atoms with Gasteiger partial charge in [-0.15, -0.1) is 0 Å². The van der Waals surface area contributed by atoms with Gasteiger partial charge in [0.05, 0.1) is 0 Å². The Morgan fingerprint density at radius 3 is 2.50 bits per heavy atom. The van der Waals surface area contributed by atoms with Crippen molar-refractivity contribution in [3.8, 4) is 11.1 Å². The third-order valence-corrected chi connectivity index (χ3v) is 4.68. The molecule has 4 rings (SSSR count). The van der Waals surface area contributed by atoms with Crippen molar-refractivity contribution in [3.63, 3.8) is 0 Å². The normalized spacial score (nSPS) is 17.9. The van der Waals surface area contributed by atoms with E-state index < -0.39 is 0 Å². The van der Waals surface area contributed by atoms with Gasteiger partial charge in [0.25, 0.3) is 0 Å². The van der Waals surface area contributed by atoms with Crippen molar-refractivity contribution < 1.29 is 0 Å². The molecule has 0 atom stereocenters. The predicted molar refractivity (Wildman–Crippen MR) is 84.1 cm³/mol. The summed E-state index contributed by atoms with van der Waals surface area (Å²) in [5, 5.41) is 0. The van der Waals surface area contributed by atoms with Crippen molar-refractivity contribution in [3.05, 3.63) is 53.6 Å². The molecule has 2 aliphatic rings. The Balaban J connectivity index is 1.65. The molecule has 0 spiro atoms. The average Bonchev–Trinajstić information content (AvgIpc) is 2.85. The lowest BCUT2D eigenvalue weighted by Gasteiger charge is -2.32. The topological polar surface area (TPSA) is 29.3 Å². The van der Waals surface area contributed by atoms with Crippen LogP contribution >= 0.6 is 0 Å². The average molecular weight is 264 g/mol. The predicted octanol–water partition coefficient (Wildman–Crippen LogP) is 3.19. The number of fused-ring (bicyclic) bond motifs is 3. The Labute approximate surface area is 120 Å². The van der Waals surface area contributed by atoms with Crippen LogP contribution in [0.4, 0.5) is 5.69 Å². The summed E-state index contributed by atoms with van der Waals surface area (Å²) in [6, 6.07) is 16.1. The first-order valence-electron chi connectivity index (χ1n) is 7.53. The van der Waals surface area contributed by atoms with Crippen LogP contribution in [0.2, 0.25) is 0 Å². The Hall–Kier alpha value is -1.80. The van der Waals surface area contributed by atoms with Gasteiger partial charge in [-0.2, -0.15) is 0 Å². The van der Waals surface area contributed by atoms with Crippen molar-refractivity contribution >= 4 is 5.69 Å². The molecule has 0 unspecified atom stereocenters. The lowest BCUT2D eigenvalue weighted by Crippen LogP contribution is -2.39. The first-order valence-corrected chi connectivity index (χ1v) is 7.53. The quantitative estimate of drug-likeness (QED) is 0.731. The third kappa shape index (κ3) is 1.92. The standard InChI is InChI=1S/C18H20N2/c19-15-7-9-20(10-8-15)16-5-6-18-14(12-16)11-13-3-1-2-4-17(13)18/h1-6,12,15H,7-11,19H2. The van der Waals surface area contributed by atoms with Crippen LogP contribution in [0.5, 0.6) is 0 Å². The molecule has 1 aliphatic carbocycles. The highest BCUT2D eigenvalue weighted by Crippen LogP contribution is 2.38. The third-order valence-electron chi connectivity index (χ3n) is 4.68. The summed E-state index contributed by atoms with van der Waals surface area (Å²) in [5.74, 6) is 0. The Kier molecular flexibility index (Phi) is 2.78. The van der Waals surface area contributed by atoms with Gasteiger partial charge in [0.2, 0.25) is 0 Å². The molecule has 0 radical (unpaired) electrons. The molecule has 0 aromatic heterocycles. The molecule has 1 aliphatic heterocycles. The lowest BCUT2D eigenvalue weighted by atomic mass is 10.0. The summed E-state index contributed by atoms with van der Waals surface area (Å²) < 4.78 is 0. The minimum Gasteiger partial charge on any atom is -0.371 e. The van der Waals surface area contributed by atoms with Crippen LogP contribution in [-0.4, -0.2) is 19.1 Å². The van der Waals surface area contributed by atoms with E-state index in [1.807, 2.05) is 0 Å². The maximum Gasteiger partial charge on any atom is 0.0369 e. The maximum atomic E-state index is 6.00. The molecule has 1 saturated heterocycles. The molecule has 2 nitrogen and oxygen atoms in total. The van der Waals surface area contributed by atoms with Gasteiger partial charge >= 0.3 is 0 Å². The van der Waals surface area contributed by atoms with Crippen LogP contribution in [0.3, 0.4) is 0 Å². The highest BCUT2D eigenvalue weighted by molar-refractivity contribution is 5.78. The van der Waals surface area contributed by atoms with Gasteiger partial charge in [-0.1, -0.05) is 30.3 Å². The molecule has 2 aromatic carbocycles. The summed E-state index contributed by atoms with van der Waals surface area (Å²) in [6.45, 7) is 2.18. The zero-order chi connectivity index (χ0) is 13.5. The second-order valence-electron chi connectivity index (χ2n) is 6.00. The fourth-order valence-corrected chi connectivity index (χ4v) is 3.49. The molecule has 0 saturated carbocycles. The Bertz CT molecular complexity index is 640. The van der Waals surface area contributed by atoms with E-state index in [1.165, 1.54) is 27.9 Å². The Morgan fingerprint density at radius 2 is 1.65 bits per heavy atom. The molecule has 2 heteroatoms. The van der Waals surface area contributed by atoms with Gasteiger partial charge in [-0.25, -0.2) is 0 Å². The number of piperidine rings is 1. The summed E-state index contributed by atoms with van der Waals surface area (Å²) in [5.41, 5.74) is 13.1. The second kappa shape index (κ2) is 4.64. The molecule has 2 N–H and O–H groups in total. The zero-order valence-electron chi connectivity index (χ0n) is 11.7. The van der Waals surface area contributed by atoms with Crippen LogP contribution in [0, 0.1) is 0 Å². The van der Waals surface area contributed by atoms with Crippen molar-refractivity contribution in [2.75, 3.05) is 18.0 Å². The molecule has 1 heterocycles. The second-order valence-corrected chi connectivity index (χ2v) is 6.00. The summed E-state index contributed by atoms with van der Waals surface area (Å²) in [6.07, 6.45) is 3.29. The van der Waals surface area contributed by atoms with Crippen molar-refractivity contribution in [2.24, 2.45) is 5.73 Å². The fourth-order valence-electron chi connectivity index (χ4n) is 3.49. The lowest BCUT2D eigenvalue weighted by molar-refractivity contribution is 0.501. The van der Waals surface area contributed by atoms with E-state index in [2.05, 4.69) is 47.4 Å². The van der Waals surface area contributed by atoms with Gasteiger partial charge < -0.3 is 10.6 Å². The van der Waals surface area contributed by atoms with Gasteiger partial charge in [0.1, 0.15) is 0 Å². The number of nitrogens with zero attached hydrogens (tertiary/aromatic N) is 1. The first kappa shape index (κ1) is 12.0. The van der Waals surface area contributed by atoms with E-state index in [0.717, 1.165) is 32.4 Å². The summed E-state index contributed by atoms with van der Waals surface area (Å²) in [7, 11) is 0. The molecule has 1 fully saturated rings. The molecule has 102 valence electrons. The zero-order valence-corrected chi connectivity index (χ0v) is 11.7. The largest absolute Gasteiger partial charge is 0.371 e. The minimum absolute atomic E-state index is 0.393. The Morgan fingerprint density at radius 1 is 0.900 bits per heavy atom. The summed E-state index contributed by atoms with van der Waals surface area (Å²) >= 11 is 0. The van der Waals surface area contributed by atoms with E-state index in [-0.39, 0.29) is 0 Å². The van der Waals surface area contributed by atoms with Crippen molar-refractivity contribution in [1.82, 2.24) is 0 Å². The van der Waals surface area contributed by atoms with Crippen molar-refractivity contribution in [2.45, 2.75) is 25.3 Å². The molecule has 20 heavy (non-hydrogen) atoms.